The number of amides is 1. The molecule has 1 fully saturated rings. The van der Waals surface area contributed by atoms with Crippen molar-refractivity contribution in [3.63, 3.8) is 0 Å². The highest BCUT2D eigenvalue weighted by atomic mass is 32.2. The molecule has 9 heteroatoms. The Morgan fingerprint density at radius 1 is 1.39 bits per heavy atom. The van der Waals surface area contributed by atoms with E-state index in [1.165, 1.54) is 11.8 Å². The summed E-state index contributed by atoms with van der Waals surface area (Å²) in [5.41, 5.74) is 7.11. The summed E-state index contributed by atoms with van der Waals surface area (Å²) in [7, 11) is 2.03. The first-order valence-electron chi connectivity index (χ1n) is 12.1. The molecule has 8 nitrogen and oxygen atoms in total. The molecule has 36 heavy (non-hydrogen) atoms. The van der Waals surface area contributed by atoms with E-state index in [0.717, 1.165) is 18.4 Å². The molecule has 1 atom stereocenters. The Bertz CT molecular complexity index is 1160. The van der Waals surface area contributed by atoms with Gasteiger partial charge in [0.15, 0.2) is 0 Å². The molecule has 2 heterocycles. The summed E-state index contributed by atoms with van der Waals surface area (Å²) in [6, 6.07) is 11.8. The van der Waals surface area contributed by atoms with Crippen LogP contribution in [0.3, 0.4) is 0 Å². The quantitative estimate of drug-likeness (QED) is 0.390. The van der Waals surface area contributed by atoms with E-state index in [4.69, 9.17) is 17.3 Å². The van der Waals surface area contributed by atoms with Gasteiger partial charge in [0, 0.05) is 25.7 Å². The largest absolute Gasteiger partial charge is 0.389 e. The monoisotopic (exact) mass is 506 g/mol. The van der Waals surface area contributed by atoms with Crippen molar-refractivity contribution in [3.8, 4) is 6.07 Å². The minimum atomic E-state index is -0.768. The van der Waals surface area contributed by atoms with Gasteiger partial charge in [-0.05, 0) is 51.3 Å². The van der Waals surface area contributed by atoms with Crippen LogP contribution in [0.4, 0.5) is 11.5 Å². The van der Waals surface area contributed by atoms with Gasteiger partial charge in [-0.25, -0.2) is 9.83 Å². The lowest BCUT2D eigenvalue weighted by atomic mass is 10.00. The van der Waals surface area contributed by atoms with E-state index in [9.17, 15) is 15.2 Å². The van der Waals surface area contributed by atoms with Crippen molar-refractivity contribution in [3.05, 3.63) is 58.4 Å². The smallest absolute Gasteiger partial charge is 0.235 e. The second-order valence-corrected chi connectivity index (χ2v) is 10.9. The predicted molar refractivity (Wildman–Crippen MR) is 143 cm³/mol. The molecule has 1 aromatic carbocycles. The van der Waals surface area contributed by atoms with Gasteiger partial charge in [-0.3, -0.25) is 4.79 Å². The molecule has 0 spiro atoms. The summed E-state index contributed by atoms with van der Waals surface area (Å²) < 4.78 is 0. The predicted octanol–water partition coefficient (Wildman–Crippen LogP) is 4.06. The first-order valence-corrected chi connectivity index (χ1v) is 13.0. The van der Waals surface area contributed by atoms with Crippen molar-refractivity contribution in [1.82, 2.24) is 9.88 Å². The van der Waals surface area contributed by atoms with Gasteiger partial charge in [0.1, 0.15) is 22.2 Å². The number of anilines is 1. The van der Waals surface area contributed by atoms with E-state index < -0.39 is 16.8 Å². The molecule has 3 rings (SSSR count). The molecule has 1 amide bonds. The molecule has 1 aliphatic heterocycles. The number of pyridine rings is 1. The fraction of sp³-hybridized carbons (Fsp3) is 0.481. The van der Waals surface area contributed by atoms with Crippen molar-refractivity contribution in [2.75, 3.05) is 31.6 Å². The highest BCUT2D eigenvalue weighted by Crippen LogP contribution is 2.43. The maximum Gasteiger partial charge on any atom is 0.235 e. The highest BCUT2D eigenvalue weighted by molar-refractivity contribution is 8.00. The molecule has 1 unspecified atom stereocenters. The van der Waals surface area contributed by atoms with E-state index in [-0.39, 0.29) is 0 Å². The molecule has 0 bridgehead atoms. The third kappa shape index (κ3) is 6.36. The zero-order valence-electron chi connectivity index (χ0n) is 21.4. The number of hydrogen-bond acceptors (Lipinski definition) is 7. The summed E-state index contributed by atoms with van der Waals surface area (Å²) in [6.45, 7) is 15.4. The minimum absolute atomic E-state index is 0.319. The molecule has 1 saturated heterocycles. The van der Waals surface area contributed by atoms with Gasteiger partial charge >= 0.3 is 0 Å². The number of benzene rings is 1. The Kier molecular flexibility index (Phi) is 8.97. The number of likely N-dealkylation sites (N-methyl/N-ethyl adjacent to an activating group) is 1. The Balaban J connectivity index is 1.96. The van der Waals surface area contributed by atoms with E-state index in [1.54, 1.807) is 0 Å². The van der Waals surface area contributed by atoms with Gasteiger partial charge in [-0.2, -0.15) is 5.26 Å². The van der Waals surface area contributed by atoms with Crippen LogP contribution in [-0.4, -0.2) is 59.2 Å². The van der Waals surface area contributed by atoms with Crippen LogP contribution >= 0.6 is 11.8 Å². The molecule has 0 saturated carbocycles. The number of aromatic nitrogens is 1. The number of nitrogens with zero attached hydrogens (tertiary/aromatic N) is 5. The molecule has 0 radical (unpaired) electrons. The van der Waals surface area contributed by atoms with Crippen LogP contribution in [0.25, 0.3) is 4.85 Å². The third-order valence-corrected chi connectivity index (χ3v) is 7.67. The molecule has 1 aromatic heterocycles. The van der Waals surface area contributed by atoms with E-state index in [1.807, 2.05) is 58.2 Å². The van der Waals surface area contributed by atoms with Gasteiger partial charge in [0.2, 0.25) is 11.6 Å². The Morgan fingerprint density at radius 2 is 2.03 bits per heavy atom. The molecular formula is C27H34N6O2S. The highest BCUT2D eigenvalue weighted by Gasteiger charge is 2.31. The molecule has 3 N–H and O–H groups in total. The lowest BCUT2D eigenvalue weighted by molar-refractivity contribution is -0.117. The van der Waals surface area contributed by atoms with Crippen LogP contribution in [0, 0.1) is 17.9 Å². The normalized spacial score (nSPS) is 15.4. The lowest BCUT2D eigenvalue weighted by Gasteiger charge is -2.39. The Morgan fingerprint density at radius 3 is 2.53 bits per heavy atom. The lowest BCUT2D eigenvalue weighted by Crippen LogP contribution is -2.47. The molecule has 190 valence electrons. The van der Waals surface area contributed by atoms with Crippen molar-refractivity contribution in [2.24, 2.45) is 5.73 Å². The second-order valence-electron chi connectivity index (χ2n) is 9.78. The molecule has 1 aliphatic rings. The first kappa shape index (κ1) is 27.5. The average molecular weight is 507 g/mol. The number of hydrogen-bond donors (Lipinski definition) is 2. The zero-order valence-corrected chi connectivity index (χ0v) is 22.2. The van der Waals surface area contributed by atoms with Crippen LogP contribution in [0.15, 0.2) is 35.4 Å². The number of primary amides is 1. The maximum absolute atomic E-state index is 12.4. The third-order valence-electron chi connectivity index (χ3n) is 6.41. The van der Waals surface area contributed by atoms with Crippen molar-refractivity contribution in [1.29, 1.82) is 5.26 Å². The van der Waals surface area contributed by atoms with Crippen molar-refractivity contribution >= 4 is 29.2 Å². The van der Waals surface area contributed by atoms with E-state index >= 15 is 0 Å². The number of piperidine rings is 1. The van der Waals surface area contributed by atoms with E-state index in [0.29, 0.717) is 59.8 Å². The number of carbonyl (C=O) groups is 1. The van der Waals surface area contributed by atoms with Crippen LogP contribution in [-0.2, 0) is 11.2 Å². The molecule has 2 aromatic rings. The van der Waals surface area contributed by atoms with Crippen LogP contribution < -0.4 is 10.6 Å². The standard InChI is InChI=1S/C27H34N6O2S/c1-6-20-21(16-28)26(36-23(24(29)34)18-10-8-7-9-11-18)31-25(22(20)30-4)33-14-12-19(13-15-33)32(5)17-27(2,3)35/h7-11,19,23,35H,6,12-15,17H2,1-3,5H3,(H2,29,34). The SMILES string of the molecule is [C-]#[N+]c1c(N2CCC(N(C)CC(C)(C)O)CC2)nc(SC(C(N)=O)c2ccccc2)c(C#N)c1CC. The maximum atomic E-state index is 12.4. The number of aliphatic hydroxyl groups is 1. The van der Waals surface area contributed by atoms with E-state index in [2.05, 4.69) is 20.7 Å². The average Bonchev–Trinajstić information content (AvgIpc) is 2.85. The summed E-state index contributed by atoms with van der Waals surface area (Å²) >= 11 is 1.17. The number of nitriles is 1. The molecule has 0 aliphatic carbocycles. The summed E-state index contributed by atoms with van der Waals surface area (Å²) in [6.07, 6.45) is 2.23. The zero-order chi connectivity index (χ0) is 26.5. The van der Waals surface area contributed by atoms with Crippen LogP contribution in [0.2, 0.25) is 0 Å². The summed E-state index contributed by atoms with van der Waals surface area (Å²) in [5.74, 6) is 0.0460. The van der Waals surface area contributed by atoms with Gasteiger partial charge in [0.05, 0.1) is 17.7 Å². The topological polar surface area (TPSA) is 111 Å². The fourth-order valence-corrected chi connectivity index (χ4v) is 5.82. The minimum Gasteiger partial charge on any atom is -0.389 e. The first-order chi connectivity index (χ1) is 17.1. The van der Waals surface area contributed by atoms with Crippen LogP contribution in [0.5, 0.6) is 0 Å². The Labute approximate surface area is 217 Å². The van der Waals surface area contributed by atoms with Gasteiger partial charge in [-0.1, -0.05) is 49.0 Å². The van der Waals surface area contributed by atoms with Gasteiger partial charge < -0.3 is 20.6 Å². The van der Waals surface area contributed by atoms with Gasteiger partial charge in [0.25, 0.3) is 0 Å². The van der Waals surface area contributed by atoms with Gasteiger partial charge in [-0.15, -0.1) is 0 Å². The number of nitrogens with two attached hydrogens (primary N) is 1. The number of rotatable bonds is 9. The van der Waals surface area contributed by atoms with Crippen molar-refractivity contribution < 1.29 is 9.90 Å². The number of carbonyl (C=O) groups excluding carboxylic acids is 1. The number of thioether (sulfide) groups is 1. The fourth-order valence-electron chi connectivity index (χ4n) is 4.76. The van der Waals surface area contributed by atoms with Crippen molar-refractivity contribution in [2.45, 2.75) is 62.0 Å². The summed E-state index contributed by atoms with van der Waals surface area (Å²) in [5, 5.41) is 19.9. The Hall–Kier alpha value is -3.11. The van der Waals surface area contributed by atoms with Crippen LogP contribution in [0.1, 0.15) is 55.6 Å². The summed E-state index contributed by atoms with van der Waals surface area (Å²) in [4.78, 5) is 25.3. The second kappa shape index (κ2) is 11.7. The molecular weight excluding hydrogens is 472 g/mol.